The van der Waals surface area contributed by atoms with Gasteiger partial charge in [-0.1, -0.05) is 35.9 Å². The first-order chi connectivity index (χ1) is 11.2. The highest BCUT2D eigenvalue weighted by Gasteiger charge is 2.05. The zero-order valence-corrected chi connectivity index (χ0v) is 13.5. The van der Waals surface area contributed by atoms with Crippen LogP contribution in [0.3, 0.4) is 0 Å². The molecule has 2 aromatic carbocycles. The summed E-state index contributed by atoms with van der Waals surface area (Å²) < 4.78 is 2.01. The third-order valence-electron chi connectivity index (χ3n) is 3.73. The second-order valence-electron chi connectivity index (χ2n) is 5.41. The number of carbonyl (C=O) groups is 1. The first-order valence-corrected chi connectivity index (χ1v) is 8.01. The fourth-order valence-electron chi connectivity index (χ4n) is 2.54. The van der Waals surface area contributed by atoms with Gasteiger partial charge in [0.05, 0.1) is 17.4 Å². The summed E-state index contributed by atoms with van der Waals surface area (Å²) >= 11 is 5.94. The molecule has 0 bridgehead atoms. The van der Waals surface area contributed by atoms with Crippen LogP contribution in [-0.2, 0) is 17.8 Å². The molecule has 5 heteroatoms. The van der Waals surface area contributed by atoms with Crippen LogP contribution in [0.1, 0.15) is 12.0 Å². The van der Waals surface area contributed by atoms with Crippen LogP contribution in [0.15, 0.2) is 54.9 Å². The highest BCUT2D eigenvalue weighted by molar-refractivity contribution is 6.30. The topological polar surface area (TPSA) is 46.9 Å². The number of amides is 1. The largest absolute Gasteiger partial charge is 0.356 e. The van der Waals surface area contributed by atoms with Crippen LogP contribution in [0.2, 0.25) is 5.02 Å². The molecule has 0 fully saturated rings. The number of carbonyl (C=O) groups excluding carboxylic acids is 1. The van der Waals surface area contributed by atoms with E-state index in [1.807, 2.05) is 53.1 Å². The number of aryl methyl sites for hydroxylation is 1. The van der Waals surface area contributed by atoms with E-state index in [-0.39, 0.29) is 5.91 Å². The summed E-state index contributed by atoms with van der Waals surface area (Å²) in [5, 5.41) is 3.67. The lowest BCUT2D eigenvalue weighted by atomic mass is 10.1. The Labute approximate surface area is 140 Å². The Kier molecular flexibility index (Phi) is 4.93. The summed E-state index contributed by atoms with van der Waals surface area (Å²) in [6.07, 6.45) is 3.00. The van der Waals surface area contributed by atoms with Crippen molar-refractivity contribution >= 4 is 28.5 Å². The Bertz CT molecular complexity index is 813. The van der Waals surface area contributed by atoms with Gasteiger partial charge in [0.2, 0.25) is 5.91 Å². The van der Waals surface area contributed by atoms with E-state index in [4.69, 9.17) is 11.6 Å². The minimum absolute atomic E-state index is 0.0461. The van der Waals surface area contributed by atoms with Crippen molar-refractivity contribution in [2.45, 2.75) is 19.4 Å². The minimum atomic E-state index is 0.0461. The molecular formula is C18H18ClN3O. The highest BCUT2D eigenvalue weighted by Crippen LogP contribution is 2.12. The molecule has 1 amide bonds. The summed E-state index contributed by atoms with van der Waals surface area (Å²) in [5.41, 5.74) is 3.13. The molecule has 0 unspecified atom stereocenters. The molecule has 1 heterocycles. The van der Waals surface area contributed by atoms with Crippen LogP contribution in [0.4, 0.5) is 0 Å². The van der Waals surface area contributed by atoms with Crippen molar-refractivity contribution in [2.24, 2.45) is 0 Å². The molecule has 1 aromatic heterocycles. The Balaban J connectivity index is 1.46. The van der Waals surface area contributed by atoms with Crippen molar-refractivity contribution in [3.8, 4) is 0 Å². The second-order valence-corrected chi connectivity index (χ2v) is 5.84. The average Bonchev–Trinajstić information content (AvgIpc) is 2.96. The van der Waals surface area contributed by atoms with Gasteiger partial charge in [0.1, 0.15) is 0 Å². The van der Waals surface area contributed by atoms with Crippen LogP contribution in [-0.4, -0.2) is 22.0 Å². The lowest BCUT2D eigenvalue weighted by molar-refractivity contribution is -0.121. The SMILES string of the molecule is O=C(CCn1cnc2ccccc21)NCCc1cccc(Cl)c1. The van der Waals surface area contributed by atoms with Crippen LogP contribution in [0.25, 0.3) is 11.0 Å². The van der Waals surface area contributed by atoms with Gasteiger partial charge in [-0.15, -0.1) is 0 Å². The van der Waals surface area contributed by atoms with Crippen molar-refractivity contribution in [3.63, 3.8) is 0 Å². The van der Waals surface area contributed by atoms with Gasteiger partial charge in [0.25, 0.3) is 0 Å². The van der Waals surface area contributed by atoms with Gasteiger partial charge in [-0.25, -0.2) is 4.98 Å². The fourth-order valence-corrected chi connectivity index (χ4v) is 2.75. The predicted molar refractivity (Wildman–Crippen MR) is 92.5 cm³/mol. The Morgan fingerprint density at radius 1 is 1.17 bits per heavy atom. The number of hydrogen-bond acceptors (Lipinski definition) is 2. The van der Waals surface area contributed by atoms with Crippen molar-refractivity contribution in [2.75, 3.05) is 6.54 Å². The van der Waals surface area contributed by atoms with Gasteiger partial charge in [0, 0.05) is 24.5 Å². The normalized spacial score (nSPS) is 10.8. The van der Waals surface area contributed by atoms with Crippen LogP contribution in [0.5, 0.6) is 0 Å². The van der Waals surface area contributed by atoms with Gasteiger partial charge in [-0.3, -0.25) is 4.79 Å². The van der Waals surface area contributed by atoms with Crippen molar-refractivity contribution < 1.29 is 4.79 Å². The summed E-state index contributed by atoms with van der Waals surface area (Å²) in [4.78, 5) is 16.3. The lowest BCUT2D eigenvalue weighted by Gasteiger charge is -2.07. The first kappa shape index (κ1) is 15.6. The number of para-hydroxylation sites is 2. The van der Waals surface area contributed by atoms with Crippen LogP contribution >= 0.6 is 11.6 Å². The number of aromatic nitrogens is 2. The highest BCUT2D eigenvalue weighted by atomic mass is 35.5. The van der Waals surface area contributed by atoms with Crippen molar-refractivity contribution in [1.82, 2.24) is 14.9 Å². The van der Waals surface area contributed by atoms with Gasteiger partial charge in [0.15, 0.2) is 0 Å². The second kappa shape index (κ2) is 7.29. The first-order valence-electron chi connectivity index (χ1n) is 7.63. The Morgan fingerprint density at radius 3 is 2.91 bits per heavy atom. The predicted octanol–water partition coefficient (Wildman–Crippen LogP) is 3.44. The van der Waals surface area contributed by atoms with E-state index >= 15 is 0 Å². The van der Waals surface area contributed by atoms with E-state index in [0.717, 1.165) is 28.0 Å². The number of imidazole rings is 1. The quantitative estimate of drug-likeness (QED) is 0.754. The van der Waals surface area contributed by atoms with E-state index in [9.17, 15) is 4.79 Å². The molecule has 0 aliphatic rings. The number of halogens is 1. The Morgan fingerprint density at radius 2 is 2.04 bits per heavy atom. The van der Waals surface area contributed by atoms with E-state index in [2.05, 4.69) is 10.3 Å². The van der Waals surface area contributed by atoms with Gasteiger partial charge in [-0.2, -0.15) is 0 Å². The van der Waals surface area contributed by atoms with E-state index in [1.165, 1.54) is 0 Å². The molecule has 0 aliphatic heterocycles. The van der Waals surface area contributed by atoms with Crippen LogP contribution < -0.4 is 5.32 Å². The molecule has 4 nitrogen and oxygen atoms in total. The van der Waals surface area contributed by atoms with E-state index in [0.29, 0.717) is 19.5 Å². The Hall–Kier alpha value is -2.33. The summed E-state index contributed by atoms with van der Waals surface area (Å²) in [5.74, 6) is 0.0461. The number of benzene rings is 2. The van der Waals surface area contributed by atoms with E-state index in [1.54, 1.807) is 6.33 Å². The summed E-state index contributed by atoms with van der Waals surface area (Å²) in [7, 11) is 0. The van der Waals surface area contributed by atoms with Crippen LogP contribution in [0, 0.1) is 0 Å². The zero-order valence-electron chi connectivity index (χ0n) is 12.7. The molecule has 118 valence electrons. The van der Waals surface area contributed by atoms with Gasteiger partial charge >= 0.3 is 0 Å². The van der Waals surface area contributed by atoms with Gasteiger partial charge in [-0.05, 0) is 36.2 Å². The molecule has 0 saturated carbocycles. The maximum absolute atomic E-state index is 12.0. The molecule has 0 radical (unpaired) electrons. The smallest absolute Gasteiger partial charge is 0.221 e. The van der Waals surface area contributed by atoms with Gasteiger partial charge < -0.3 is 9.88 Å². The van der Waals surface area contributed by atoms with Crippen molar-refractivity contribution in [1.29, 1.82) is 0 Å². The standard InChI is InChI=1S/C18H18ClN3O/c19-15-5-3-4-14(12-15)8-10-20-18(23)9-11-22-13-21-16-6-1-2-7-17(16)22/h1-7,12-13H,8-11H2,(H,20,23). The maximum Gasteiger partial charge on any atom is 0.221 e. The summed E-state index contributed by atoms with van der Waals surface area (Å²) in [6, 6.07) is 15.6. The number of nitrogens with one attached hydrogen (secondary N) is 1. The maximum atomic E-state index is 12.0. The molecule has 3 aromatic rings. The molecule has 0 aliphatic carbocycles. The third-order valence-corrected chi connectivity index (χ3v) is 3.97. The molecule has 0 atom stereocenters. The monoisotopic (exact) mass is 327 g/mol. The molecule has 23 heavy (non-hydrogen) atoms. The fraction of sp³-hybridized carbons (Fsp3) is 0.222. The average molecular weight is 328 g/mol. The number of fused-ring (bicyclic) bond motifs is 1. The third kappa shape index (κ3) is 4.11. The molecule has 3 rings (SSSR count). The molecule has 0 saturated heterocycles. The minimum Gasteiger partial charge on any atom is -0.356 e. The lowest BCUT2D eigenvalue weighted by Crippen LogP contribution is -2.26. The summed E-state index contributed by atoms with van der Waals surface area (Å²) in [6.45, 7) is 1.24. The molecule has 0 spiro atoms. The number of nitrogens with zero attached hydrogens (tertiary/aromatic N) is 2. The molecular weight excluding hydrogens is 310 g/mol. The zero-order chi connectivity index (χ0) is 16.1. The number of hydrogen-bond donors (Lipinski definition) is 1. The van der Waals surface area contributed by atoms with E-state index < -0.39 is 0 Å². The number of rotatable bonds is 6. The molecule has 1 N–H and O–H groups in total. The van der Waals surface area contributed by atoms with Crippen molar-refractivity contribution in [3.05, 3.63) is 65.4 Å².